The van der Waals surface area contributed by atoms with Gasteiger partial charge in [0, 0.05) is 25.1 Å². The number of pyridine rings is 1. The van der Waals surface area contributed by atoms with Crippen LogP contribution in [0.3, 0.4) is 0 Å². The zero-order valence-corrected chi connectivity index (χ0v) is 11.2. The maximum atomic E-state index is 4.66. The van der Waals surface area contributed by atoms with Crippen LogP contribution in [0.25, 0.3) is 5.65 Å². The van der Waals surface area contributed by atoms with E-state index in [1.807, 2.05) is 18.2 Å². The van der Waals surface area contributed by atoms with Crippen molar-refractivity contribution in [1.29, 1.82) is 0 Å². The number of hydrogen-bond acceptors (Lipinski definition) is 2. The van der Waals surface area contributed by atoms with Crippen molar-refractivity contribution in [2.45, 2.75) is 18.7 Å². The Kier molecular flexibility index (Phi) is 3.49. The van der Waals surface area contributed by atoms with Crippen LogP contribution in [0.4, 0.5) is 5.82 Å². The summed E-state index contributed by atoms with van der Waals surface area (Å²) >= 11 is 3.54. The van der Waals surface area contributed by atoms with E-state index < -0.39 is 0 Å². The average Bonchev–Trinajstić information content (AvgIpc) is 2.67. The van der Waals surface area contributed by atoms with E-state index in [0.29, 0.717) is 0 Å². The predicted molar refractivity (Wildman–Crippen MR) is 71.4 cm³/mol. The highest BCUT2D eigenvalue weighted by Gasteiger charge is 2.13. The maximum Gasteiger partial charge on any atom is 0.151 e. The first-order valence-electron chi connectivity index (χ1n) is 5.51. The Hall–Kier alpha value is -1.03. The molecule has 86 valence electrons. The SMILES string of the molecule is CCCN(C)c1nc2ccccn2c1CBr. The molecule has 3 nitrogen and oxygen atoms in total. The lowest BCUT2D eigenvalue weighted by Gasteiger charge is -2.16. The summed E-state index contributed by atoms with van der Waals surface area (Å²) in [5, 5.41) is 0.821. The molecule has 0 saturated heterocycles. The largest absolute Gasteiger partial charge is 0.358 e. The highest BCUT2D eigenvalue weighted by molar-refractivity contribution is 9.08. The van der Waals surface area contributed by atoms with Gasteiger partial charge in [-0.05, 0) is 18.6 Å². The van der Waals surface area contributed by atoms with Gasteiger partial charge in [0.05, 0.1) is 5.69 Å². The third-order valence-electron chi connectivity index (χ3n) is 2.65. The normalized spacial score (nSPS) is 10.9. The van der Waals surface area contributed by atoms with Crippen molar-refractivity contribution in [2.75, 3.05) is 18.5 Å². The first-order chi connectivity index (χ1) is 7.77. The van der Waals surface area contributed by atoms with E-state index in [2.05, 4.69) is 50.4 Å². The van der Waals surface area contributed by atoms with Crippen molar-refractivity contribution in [2.24, 2.45) is 0 Å². The number of fused-ring (bicyclic) bond motifs is 1. The second-order valence-electron chi connectivity index (χ2n) is 3.87. The second-order valence-corrected chi connectivity index (χ2v) is 4.43. The lowest BCUT2D eigenvalue weighted by molar-refractivity contribution is 0.836. The molecule has 0 saturated carbocycles. The number of nitrogens with zero attached hydrogens (tertiary/aromatic N) is 3. The predicted octanol–water partition coefficient (Wildman–Crippen LogP) is 3.08. The van der Waals surface area contributed by atoms with E-state index in [4.69, 9.17) is 0 Å². The summed E-state index contributed by atoms with van der Waals surface area (Å²) in [5.74, 6) is 1.07. The second kappa shape index (κ2) is 4.87. The van der Waals surface area contributed by atoms with Crippen molar-refractivity contribution < 1.29 is 0 Å². The highest BCUT2D eigenvalue weighted by Crippen LogP contribution is 2.23. The molecule has 2 rings (SSSR count). The van der Waals surface area contributed by atoms with Gasteiger partial charge in [-0.25, -0.2) is 4.98 Å². The summed E-state index contributed by atoms with van der Waals surface area (Å²) in [6.45, 7) is 3.21. The van der Waals surface area contributed by atoms with Gasteiger partial charge in [0.25, 0.3) is 0 Å². The third-order valence-corrected chi connectivity index (χ3v) is 3.19. The van der Waals surface area contributed by atoms with Crippen molar-refractivity contribution in [3.63, 3.8) is 0 Å². The number of aromatic nitrogens is 2. The molecule has 4 heteroatoms. The highest BCUT2D eigenvalue weighted by atomic mass is 79.9. The molecule has 0 N–H and O–H groups in total. The van der Waals surface area contributed by atoms with Gasteiger partial charge >= 0.3 is 0 Å². The average molecular weight is 282 g/mol. The van der Waals surface area contributed by atoms with Gasteiger partial charge in [-0.15, -0.1) is 0 Å². The standard InChI is InChI=1S/C12H16BrN3/c1-3-7-15(2)12-10(9-13)16-8-5-4-6-11(16)14-12/h4-6,8H,3,7,9H2,1-2H3. The maximum absolute atomic E-state index is 4.66. The van der Waals surface area contributed by atoms with Crippen LogP contribution in [0.1, 0.15) is 19.0 Å². The number of imidazole rings is 1. The number of anilines is 1. The molecule has 0 bridgehead atoms. The molecule has 0 amide bonds. The van der Waals surface area contributed by atoms with E-state index in [9.17, 15) is 0 Å². The molecular formula is C12H16BrN3. The van der Waals surface area contributed by atoms with Crippen molar-refractivity contribution >= 4 is 27.4 Å². The smallest absolute Gasteiger partial charge is 0.151 e. The monoisotopic (exact) mass is 281 g/mol. The van der Waals surface area contributed by atoms with Gasteiger partial charge in [-0.2, -0.15) is 0 Å². The van der Waals surface area contributed by atoms with Crippen molar-refractivity contribution in [1.82, 2.24) is 9.38 Å². The minimum Gasteiger partial charge on any atom is -0.358 e. The molecule has 0 aliphatic heterocycles. The van der Waals surface area contributed by atoms with Gasteiger partial charge in [-0.3, -0.25) is 0 Å². The summed E-state index contributed by atoms with van der Waals surface area (Å²) in [5.41, 5.74) is 2.22. The van der Waals surface area contributed by atoms with Gasteiger partial charge in [0.15, 0.2) is 5.82 Å². The molecule has 0 unspecified atom stereocenters. The first kappa shape index (κ1) is 11.5. The van der Waals surface area contributed by atoms with E-state index in [1.54, 1.807) is 0 Å². The summed E-state index contributed by atoms with van der Waals surface area (Å²) < 4.78 is 2.14. The summed E-state index contributed by atoms with van der Waals surface area (Å²) in [6.07, 6.45) is 3.19. The van der Waals surface area contributed by atoms with Crippen LogP contribution in [-0.2, 0) is 5.33 Å². The van der Waals surface area contributed by atoms with Crippen LogP contribution in [0.2, 0.25) is 0 Å². The fourth-order valence-corrected chi connectivity index (χ4v) is 2.43. The molecular weight excluding hydrogens is 266 g/mol. The Morgan fingerprint density at radius 2 is 2.25 bits per heavy atom. The van der Waals surface area contributed by atoms with Crippen LogP contribution in [0.15, 0.2) is 24.4 Å². The molecule has 0 radical (unpaired) electrons. The van der Waals surface area contributed by atoms with E-state index in [-0.39, 0.29) is 0 Å². The quantitative estimate of drug-likeness (QED) is 0.803. The Labute approximate surface area is 104 Å². The molecule has 2 aromatic rings. The lowest BCUT2D eigenvalue weighted by atomic mass is 10.4. The Morgan fingerprint density at radius 3 is 2.94 bits per heavy atom. The summed E-state index contributed by atoms with van der Waals surface area (Å²) in [7, 11) is 2.09. The molecule has 16 heavy (non-hydrogen) atoms. The Bertz CT molecular complexity index is 478. The van der Waals surface area contributed by atoms with Crippen molar-refractivity contribution in [3.05, 3.63) is 30.1 Å². The van der Waals surface area contributed by atoms with Gasteiger partial charge < -0.3 is 9.30 Å². The zero-order chi connectivity index (χ0) is 11.5. The van der Waals surface area contributed by atoms with Gasteiger partial charge in [0.2, 0.25) is 0 Å². The zero-order valence-electron chi connectivity index (χ0n) is 9.65. The van der Waals surface area contributed by atoms with Crippen LogP contribution < -0.4 is 4.90 Å². The summed E-state index contributed by atoms with van der Waals surface area (Å²) in [6, 6.07) is 6.09. The molecule has 0 aromatic carbocycles. The minimum atomic E-state index is 0.821. The lowest BCUT2D eigenvalue weighted by Crippen LogP contribution is -2.19. The topological polar surface area (TPSA) is 20.5 Å². The van der Waals surface area contributed by atoms with Crippen molar-refractivity contribution in [3.8, 4) is 0 Å². The van der Waals surface area contributed by atoms with E-state index in [0.717, 1.165) is 29.8 Å². The van der Waals surface area contributed by atoms with Crippen LogP contribution in [0.5, 0.6) is 0 Å². The number of hydrogen-bond donors (Lipinski definition) is 0. The fourth-order valence-electron chi connectivity index (χ4n) is 1.91. The van der Waals surface area contributed by atoms with Crippen LogP contribution in [0, 0.1) is 0 Å². The molecule has 2 aromatic heterocycles. The molecule has 0 aliphatic carbocycles. The van der Waals surface area contributed by atoms with E-state index in [1.165, 1.54) is 5.69 Å². The Balaban J connectivity index is 2.51. The van der Waals surface area contributed by atoms with E-state index >= 15 is 0 Å². The number of alkyl halides is 1. The fraction of sp³-hybridized carbons (Fsp3) is 0.417. The van der Waals surface area contributed by atoms with Gasteiger partial charge in [0.1, 0.15) is 5.65 Å². The number of halogens is 1. The third kappa shape index (κ3) is 1.94. The molecule has 0 spiro atoms. The van der Waals surface area contributed by atoms with Crippen LogP contribution >= 0.6 is 15.9 Å². The Morgan fingerprint density at radius 1 is 1.44 bits per heavy atom. The van der Waals surface area contributed by atoms with Crippen LogP contribution in [-0.4, -0.2) is 23.0 Å². The molecule has 0 aliphatic rings. The molecule has 0 fully saturated rings. The molecule has 0 atom stereocenters. The van der Waals surface area contributed by atoms with Gasteiger partial charge in [-0.1, -0.05) is 28.9 Å². The molecule has 2 heterocycles. The minimum absolute atomic E-state index is 0.821. The first-order valence-corrected chi connectivity index (χ1v) is 6.63. The number of rotatable bonds is 4. The summed E-state index contributed by atoms with van der Waals surface area (Å²) in [4.78, 5) is 6.87.